The molecule has 134 valence electrons. The summed E-state index contributed by atoms with van der Waals surface area (Å²) in [6.07, 6.45) is 11.2. The molecule has 0 aliphatic rings. The van der Waals surface area contributed by atoms with Gasteiger partial charge in [0.15, 0.2) is 5.78 Å². The Bertz CT molecular complexity index is 342. The lowest BCUT2D eigenvalue weighted by atomic mass is 10.1. The second kappa shape index (κ2) is 15.5. The number of carbonyl (C=O) groups excluding carboxylic acids is 2. The van der Waals surface area contributed by atoms with Gasteiger partial charge in [0.05, 0.1) is 6.54 Å². The van der Waals surface area contributed by atoms with Gasteiger partial charge < -0.3 is 10.4 Å². The number of carbonyl (C=O) groups is 3. The van der Waals surface area contributed by atoms with Gasteiger partial charge in [-0.3, -0.25) is 14.4 Å². The highest BCUT2D eigenvalue weighted by atomic mass is 16.4. The number of carboxylic acid groups (broad SMARTS) is 1. The van der Waals surface area contributed by atoms with Gasteiger partial charge in [-0.2, -0.15) is 0 Å². The molecule has 5 heteroatoms. The summed E-state index contributed by atoms with van der Waals surface area (Å²) in [5, 5.41) is 11.2. The van der Waals surface area contributed by atoms with Gasteiger partial charge in [0.1, 0.15) is 0 Å². The third-order valence-electron chi connectivity index (χ3n) is 3.84. The Balaban J connectivity index is 3.39. The fourth-order valence-electron chi connectivity index (χ4n) is 2.39. The maximum atomic E-state index is 11.6. The van der Waals surface area contributed by atoms with Crippen LogP contribution in [0.25, 0.3) is 0 Å². The maximum Gasteiger partial charge on any atom is 0.303 e. The molecule has 0 heterocycles. The van der Waals surface area contributed by atoms with Gasteiger partial charge in [-0.25, -0.2) is 0 Å². The molecule has 0 atom stereocenters. The van der Waals surface area contributed by atoms with E-state index < -0.39 is 5.97 Å². The first-order valence-electron chi connectivity index (χ1n) is 9.06. The van der Waals surface area contributed by atoms with Crippen LogP contribution in [0.3, 0.4) is 0 Å². The highest BCUT2D eigenvalue weighted by Gasteiger charge is 2.06. The van der Waals surface area contributed by atoms with Crippen molar-refractivity contribution in [1.82, 2.24) is 5.32 Å². The van der Waals surface area contributed by atoms with E-state index in [0.717, 1.165) is 32.1 Å². The zero-order valence-electron chi connectivity index (χ0n) is 14.6. The average Bonchev–Trinajstić information content (AvgIpc) is 2.51. The number of nitrogens with one attached hydrogen (secondary N) is 1. The molecule has 0 aromatic carbocycles. The van der Waals surface area contributed by atoms with Gasteiger partial charge in [0.2, 0.25) is 5.91 Å². The van der Waals surface area contributed by atoms with Crippen LogP contribution in [0.4, 0.5) is 0 Å². The molecule has 0 aromatic heterocycles. The summed E-state index contributed by atoms with van der Waals surface area (Å²) >= 11 is 0. The first-order valence-corrected chi connectivity index (χ1v) is 9.06. The fraction of sp³-hybridized carbons (Fsp3) is 0.833. The number of carboxylic acids is 1. The second-order valence-corrected chi connectivity index (χ2v) is 6.14. The Kier molecular flexibility index (Phi) is 14.6. The molecule has 1 amide bonds. The van der Waals surface area contributed by atoms with Crippen LogP contribution in [0.1, 0.15) is 90.4 Å². The van der Waals surface area contributed by atoms with E-state index in [-0.39, 0.29) is 24.7 Å². The number of amides is 1. The molecule has 0 saturated heterocycles. The minimum absolute atomic E-state index is 0.0321. The lowest BCUT2D eigenvalue weighted by Crippen LogP contribution is -2.29. The number of unbranched alkanes of at least 4 members (excludes halogenated alkanes) is 8. The molecule has 2 N–H and O–H groups in total. The second-order valence-electron chi connectivity index (χ2n) is 6.14. The normalized spacial score (nSPS) is 10.5. The highest BCUT2D eigenvalue weighted by Crippen LogP contribution is 2.07. The Morgan fingerprint density at radius 2 is 1.26 bits per heavy atom. The van der Waals surface area contributed by atoms with Gasteiger partial charge >= 0.3 is 5.97 Å². The van der Waals surface area contributed by atoms with E-state index in [2.05, 4.69) is 12.2 Å². The molecular formula is C18H33NO4. The van der Waals surface area contributed by atoms with E-state index in [0.29, 0.717) is 19.3 Å². The SMILES string of the molecule is CCCCCCCCC(=O)NCC(=O)CCCCCCC(=O)O. The van der Waals surface area contributed by atoms with Crippen molar-refractivity contribution in [2.24, 2.45) is 0 Å². The van der Waals surface area contributed by atoms with Crippen molar-refractivity contribution < 1.29 is 19.5 Å². The predicted octanol–water partition coefficient (Wildman–Crippen LogP) is 3.85. The molecule has 0 aromatic rings. The summed E-state index contributed by atoms with van der Waals surface area (Å²) in [6.45, 7) is 2.31. The van der Waals surface area contributed by atoms with E-state index in [4.69, 9.17) is 5.11 Å². The standard InChI is InChI=1S/C18H33NO4/c1-2-3-4-5-6-10-13-17(21)19-15-16(20)12-9-7-8-11-14-18(22)23/h2-15H2,1H3,(H,19,21)(H,22,23). The van der Waals surface area contributed by atoms with Crippen molar-refractivity contribution in [2.45, 2.75) is 90.4 Å². The van der Waals surface area contributed by atoms with Crippen LogP contribution >= 0.6 is 0 Å². The molecule has 0 fully saturated rings. The van der Waals surface area contributed by atoms with Crippen LogP contribution in [0.15, 0.2) is 0 Å². The minimum Gasteiger partial charge on any atom is -0.481 e. The molecule has 0 rings (SSSR count). The number of aliphatic carboxylic acids is 1. The molecule has 0 aliphatic heterocycles. The largest absolute Gasteiger partial charge is 0.481 e. The summed E-state index contributed by atoms with van der Waals surface area (Å²) in [5.74, 6) is -0.746. The smallest absolute Gasteiger partial charge is 0.303 e. The van der Waals surface area contributed by atoms with Crippen LogP contribution in [0.5, 0.6) is 0 Å². The Morgan fingerprint density at radius 1 is 0.739 bits per heavy atom. The average molecular weight is 327 g/mol. The molecular weight excluding hydrogens is 294 g/mol. The number of hydrogen-bond acceptors (Lipinski definition) is 3. The molecule has 5 nitrogen and oxygen atoms in total. The van der Waals surface area contributed by atoms with Gasteiger partial charge in [-0.15, -0.1) is 0 Å². The summed E-state index contributed by atoms with van der Waals surface area (Å²) in [7, 11) is 0. The van der Waals surface area contributed by atoms with E-state index in [1.165, 1.54) is 25.7 Å². The molecule has 0 aliphatic carbocycles. The van der Waals surface area contributed by atoms with E-state index in [9.17, 15) is 14.4 Å². The maximum absolute atomic E-state index is 11.6. The molecule has 0 saturated carbocycles. The van der Waals surface area contributed by atoms with E-state index >= 15 is 0 Å². The van der Waals surface area contributed by atoms with Gasteiger partial charge in [0.25, 0.3) is 0 Å². The summed E-state index contributed by atoms with van der Waals surface area (Å²) in [4.78, 5) is 33.6. The number of hydrogen-bond donors (Lipinski definition) is 2. The molecule has 0 spiro atoms. The zero-order valence-corrected chi connectivity index (χ0v) is 14.6. The first kappa shape index (κ1) is 21.6. The number of Topliss-reactive ketones (excluding diaryl/α,β-unsaturated/α-hetero) is 1. The minimum atomic E-state index is -0.769. The Morgan fingerprint density at radius 3 is 1.87 bits per heavy atom. The van der Waals surface area contributed by atoms with Crippen molar-refractivity contribution in [2.75, 3.05) is 6.54 Å². The van der Waals surface area contributed by atoms with Crippen LogP contribution in [0.2, 0.25) is 0 Å². The van der Waals surface area contributed by atoms with E-state index in [1.54, 1.807) is 0 Å². The lowest BCUT2D eigenvalue weighted by molar-refractivity contribution is -0.137. The van der Waals surface area contributed by atoms with Crippen LogP contribution in [0, 0.1) is 0 Å². The zero-order chi connectivity index (χ0) is 17.3. The van der Waals surface area contributed by atoms with Gasteiger partial charge in [-0.1, -0.05) is 51.9 Å². The predicted molar refractivity (Wildman–Crippen MR) is 91.3 cm³/mol. The van der Waals surface area contributed by atoms with Gasteiger partial charge in [-0.05, 0) is 19.3 Å². The quantitative estimate of drug-likeness (QED) is 0.422. The third-order valence-corrected chi connectivity index (χ3v) is 3.84. The van der Waals surface area contributed by atoms with Gasteiger partial charge in [0, 0.05) is 19.3 Å². The summed E-state index contributed by atoms with van der Waals surface area (Å²) in [6, 6.07) is 0. The fourth-order valence-corrected chi connectivity index (χ4v) is 2.39. The van der Waals surface area contributed by atoms with Crippen molar-refractivity contribution in [3.8, 4) is 0 Å². The topological polar surface area (TPSA) is 83.5 Å². The Labute approximate surface area is 140 Å². The lowest BCUT2D eigenvalue weighted by Gasteiger charge is -2.05. The van der Waals surface area contributed by atoms with Crippen molar-refractivity contribution in [1.29, 1.82) is 0 Å². The van der Waals surface area contributed by atoms with Crippen molar-refractivity contribution in [3.05, 3.63) is 0 Å². The van der Waals surface area contributed by atoms with Crippen molar-refractivity contribution in [3.63, 3.8) is 0 Å². The summed E-state index contributed by atoms with van der Waals surface area (Å²) in [5.41, 5.74) is 0. The molecule has 23 heavy (non-hydrogen) atoms. The monoisotopic (exact) mass is 327 g/mol. The van der Waals surface area contributed by atoms with Crippen molar-refractivity contribution >= 4 is 17.7 Å². The van der Waals surface area contributed by atoms with E-state index in [1.807, 2.05) is 0 Å². The molecule has 0 radical (unpaired) electrons. The third kappa shape index (κ3) is 16.8. The highest BCUT2D eigenvalue weighted by molar-refractivity contribution is 5.85. The number of ketones is 1. The molecule has 0 bridgehead atoms. The molecule has 0 unspecified atom stereocenters. The van der Waals surface area contributed by atoms with Crippen LogP contribution < -0.4 is 5.32 Å². The Hall–Kier alpha value is -1.39. The first-order chi connectivity index (χ1) is 11.1. The number of rotatable bonds is 16. The van der Waals surface area contributed by atoms with Crippen LogP contribution in [-0.4, -0.2) is 29.3 Å². The van der Waals surface area contributed by atoms with Crippen LogP contribution in [-0.2, 0) is 14.4 Å². The summed E-state index contributed by atoms with van der Waals surface area (Å²) < 4.78 is 0.